The fourth-order valence-electron chi connectivity index (χ4n) is 1.39. The first-order valence-corrected chi connectivity index (χ1v) is 7.22. The molecule has 7 heteroatoms. The molecule has 0 radical (unpaired) electrons. The number of nitrogens with zero attached hydrogens (tertiary/aromatic N) is 3. The standard InChI is InChI=1S/C10H9ClIN3OS/c1-6-7(17-5-14-6)2-3-15-4-13-9(11)8(12)10(15)16/h4-5H,2-3H2,1H3. The minimum absolute atomic E-state index is 0.0900. The van der Waals surface area contributed by atoms with E-state index in [1.807, 2.05) is 35.0 Å². The molecule has 0 N–H and O–H groups in total. The zero-order valence-electron chi connectivity index (χ0n) is 8.98. The van der Waals surface area contributed by atoms with Crippen molar-refractivity contribution in [3.8, 4) is 0 Å². The maximum Gasteiger partial charge on any atom is 0.268 e. The van der Waals surface area contributed by atoms with Crippen LogP contribution in [0.2, 0.25) is 5.15 Å². The third-order valence-electron chi connectivity index (χ3n) is 2.36. The first-order valence-electron chi connectivity index (χ1n) is 4.89. The van der Waals surface area contributed by atoms with Gasteiger partial charge in [-0.3, -0.25) is 9.36 Å². The maximum atomic E-state index is 11.9. The van der Waals surface area contributed by atoms with Crippen LogP contribution in [0.4, 0.5) is 0 Å². The van der Waals surface area contributed by atoms with E-state index in [0.29, 0.717) is 10.1 Å². The predicted octanol–water partition coefficient (Wildman–Crippen LogP) is 2.51. The van der Waals surface area contributed by atoms with Crippen LogP contribution < -0.4 is 5.56 Å². The first kappa shape index (κ1) is 13.0. The van der Waals surface area contributed by atoms with Gasteiger partial charge < -0.3 is 0 Å². The van der Waals surface area contributed by atoms with Crippen LogP contribution in [-0.2, 0) is 13.0 Å². The molecule has 0 atom stereocenters. The van der Waals surface area contributed by atoms with Crippen LogP contribution >= 0.6 is 45.5 Å². The Bertz CT molecular complexity index is 595. The van der Waals surface area contributed by atoms with Crippen molar-refractivity contribution in [2.45, 2.75) is 19.9 Å². The molecule has 0 unspecified atom stereocenters. The summed E-state index contributed by atoms with van der Waals surface area (Å²) in [5.74, 6) is 0. The van der Waals surface area contributed by atoms with Crippen LogP contribution in [0.15, 0.2) is 16.6 Å². The maximum absolute atomic E-state index is 11.9. The number of aryl methyl sites for hydroxylation is 3. The molecule has 0 spiro atoms. The van der Waals surface area contributed by atoms with Gasteiger partial charge in [0.15, 0.2) is 0 Å². The molecule has 0 aliphatic heterocycles. The number of hydrogen-bond acceptors (Lipinski definition) is 4. The quantitative estimate of drug-likeness (QED) is 0.606. The lowest BCUT2D eigenvalue weighted by molar-refractivity contribution is 0.653. The average molecular weight is 382 g/mol. The Morgan fingerprint density at radius 2 is 2.29 bits per heavy atom. The summed E-state index contributed by atoms with van der Waals surface area (Å²) in [6, 6.07) is 0. The Kier molecular flexibility index (Phi) is 4.16. The second-order valence-electron chi connectivity index (χ2n) is 3.46. The molecule has 2 heterocycles. The molecule has 0 aromatic carbocycles. The minimum atomic E-state index is -0.0900. The highest BCUT2D eigenvalue weighted by atomic mass is 127. The molecular formula is C10H9ClIN3OS. The van der Waals surface area contributed by atoms with Gasteiger partial charge in [-0.15, -0.1) is 11.3 Å². The molecule has 17 heavy (non-hydrogen) atoms. The van der Waals surface area contributed by atoms with Crippen molar-refractivity contribution < 1.29 is 0 Å². The highest BCUT2D eigenvalue weighted by Gasteiger charge is 2.08. The highest BCUT2D eigenvalue weighted by Crippen LogP contribution is 2.14. The summed E-state index contributed by atoms with van der Waals surface area (Å²) in [5.41, 5.74) is 2.75. The molecule has 4 nitrogen and oxygen atoms in total. The lowest BCUT2D eigenvalue weighted by Crippen LogP contribution is -2.24. The summed E-state index contributed by atoms with van der Waals surface area (Å²) in [6.07, 6.45) is 2.28. The summed E-state index contributed by atoms with van der Waals surface area (Å²) in [6.45, 7) is 2.57. The van der Waals surface area contributed by atoms with Crippen molar-refractivity contribution in [3.63, 3.8) is 0 Å². The summed E-state index contributed by atoms with van der Waals surface area (Å²) in [7, 11) is 0. The Hall–Kier alpha value is -0.470. The summed E-state index contributed by atoms with van der Waals surface area (Å²) in [5, 5.41) is 0.265. The smallest absolute Gasteiger partial charge is 0.268 e. The van der Waals surface area contributed by atoms with Gasteiger partial charge in [0.1, 0.15) is 8.72 Å². The van der Waals surface area contributed by atoms with E-state index < -0.39 is 0 Å². The molecule has 0 bridgehead atoms. The molecule has 0 fully saturated rings. The minimum Gasteiger partial charge on any atom is -0.298 e. The van der Waals surface area contributed by atoms with Gasteiger partial charge in [0.05, 0.1) is 17.5 Å². The van der Waals surface area contributed by atoms with Crippen LogP contribution in [0.3, 0.4) is 0 Å². The molecule has 2 aromatic heterocycles. The predicted molar refractivity (Wildman–Crippen MR) is 76.8 cm³/mol. The first-order chi connectivity index (χ1) is 8.09. The van der Waals surface area contributed by atoms with E-state index in [9.17, 15) is 4.79 Å². The number of rotatable bonds is 3. The Balaban J connectivity index is 2.18. The molecule has 0 aliphatic rings. The van der Waals surface area contributed by atoms with Gasteiger partial charge in [-0.05, 0) is 29.5 Å². The third-order valence-corrected chi connectivity index (χ3v) is 4.94. The van der Waals surface area contributed by atoms with Gasteiger partial charge in [-0.25, -0.2) is 9.97 Å². The zero-order chi connectivity index (χ0) is 12.4. The topological polar surface area (TPSA) is 47.8 Å². The number of hydrogen-bond donors (Lipinski definition) is 0. The van der Waals surface area contributed by atoms with E-state index in [1.54, 1.807) is 15.9 Å². The Morgan fingerprint density at radius 3 is 2.94 bits per heavy atom. The van der Waals surface area contributed by atoms with Gasteiger partial charge >= 0.3 is 0 Å². The average Bonchev–Trinajstić information content (AvgIpc) is 2.71. The Morgan fingerprint density at radius 1 is 1.53 bits per heavy atom. The van der Waals surface area contributed by atoms with E-state index in [2.05, 4.69) is 9.97 Å². The fraction of sp³-hybridized carbons (Fsp3) is 0.300. The van der Waals surface area contributed by atoms with Gasteiger partial charge in [-0.2, -0.15) is 0 Å². The SMILES string of the molecule is Cc1ncsc1CCn1cnc(Cl)c(I)c1=O. The van der Waals surface area contributed by atoms with Crippen molar-refractivity contribution in [2.75, 3.05) is 0 Å². The fourth-order valence-corrected chi connectivity index (χ4v) is 2.74. The van der Waals surface area contributed by atoms with E-state index in [-0.39, 0.29) is 10.7 Å². The second kappa shape index (κ2) is 5.45. The number of thiazole rings is 1. The van der Waals surface area contributed by atoms with Crippen molar-refractivity contribution in [1.29, 1.82) is 0 Å². The normalized spacial score (nSPS) is 10.8. The van der Waals surface area contributed by atoms with Gasteiger partial charge in [-0.1, -0.05) is 11.6 Å². The Labute approximate surface area is 121 Å². The van der Waals surface area contributed by atoms with E-state index in [4.69, 9.17) is 11.6 Å². The molecule has 90 valence electrons. The van der Waals surface area contributed by atoms with Crippen LogP contribution in [0.1, 0.15) is 10.6 Å². The van der Waals surface area contributed by atoms with Crippen molar-refractivity contribution >= 4 is 45.5 Å². The molecule has 2 aromatic rings. The number of aromatic nitrogens is 3. The largest absolute Gasteiger partial charge is 0.298 e. The van der Waals surface area contributed by atoms with Gasteiger partial charge in [0.25, 0.3) is 5.56 Å². The third kappa shape index (κ3) is 2.86. The van der Waals surface area contributed by atoms with Crippen molar-refractivity contribution in [2.24, 2.45) is 0 Å². The zero-order valence-corrected chi connectivity index (χ0v) is 12.7. The van der Waals surface area contributed by atoms with Crippen molar-refractivity contribution in [3.05, 3.63) is 41.5 Å². The van der Waals surface area contributed by atoms with Gasteiger partial charge in [0, 0.05) is 17.8 Å². The summed E-state index contributed by atoms with van der Waals surface area (Å²) < 4.78 is 2.04. The molecule has 0 amide bonds. The molecule has 0 aliphatic carbocycles. The van der Waals surface area contributed by atoms with Crippen molar-refractivity contribution in [1.82, 2.24) is 14.5 Å². The van der Waals surface area contributed by atoms with Crippen LogP contribution in [0.25, 0.3) is 0 Å². The van der Waals surface area contributed by atoms with E-state index in [1.165, 1.54) is 11.2 Å². The van der Waals surface area contributed by atoms with Crippen LogP contribution in [-0.4, -0.2) is 14.5 Å². The lowest BCUT2D eigenvalue weighted by atomic mass is 10.3. The van der Waals surface area contributed by atoms with Crippen LogP contribution in [0.5, 0.6) is 0 Å². The second-order valence-corrected chi connectivity index (χ2v) is 5.83. The molecule has 0 saturated carbocycles. The molecule has 2 rings (SSSR count). The summed E-state index contributed by atoms with van der Waals surface area (Å²) in [4.78, 5) is 21.2. The van der Waals surface area contributed by atoms with Gasteiger partial charge in [0.2, 0.25) is 0 Å². The number of halogens is 2. The van der Waals surface area contributed by atoms with E-state index >= 15 is 0 Å². The molecular weight excluding hydrogens is 373 g/mol. The summed E-state index contributed by atoms with van der Waals surface area (Å²) >= 11 is 9.30. The lowest BCUT2D eigenvalue weighted by Gasteiger charge is -2.05. The highest BCUT2D eigenvalue weighted by molar-refractivity contribution is 14.1. The monoisotopic (exact) mass is 381 g/mol. The van der Waals surface area contributed by atoms with Crippen LogP contribution in [0, 0.1) is 10.5 Å². The molecule has 0 saturated heterocycles. The van der Waals surface area contributed by atoms with E-state index in [0.717, 1.165) is 12.1 Å².